The van der Waals surface area contributed by atoms with Crippen LogP contribution < -0.4 is 0 Å². The van der Waals surface area contributed by atoms with Gasteiger partial charge in [0.25, 0.3) is 0 Å². The molecule has 0 spiro atoms. The molecular formula is C17H12Br2F2N2. The van der Waals surface area contributed by atoms with Gasteiger partial charge in [-0.15, -0.1) is 0 Å². The summed E-state index contributed by atoms with van der Waals surface area (Å²) in [6, 6.07) is 15.6. The van der Waals surface area contributed by atoms with Crippen molar-refractivity contribution in [3.63, 3.8) is 0 Å². The van der Waals surface area contributed by atoms with Crippen molar-refractivity contribution in [2.75, 3.05) is 0 Å². The fourth-order valence-corrected chi connectivity index (χ4v) is 2.30. The van der Waals surface area contributed by atoms with Crippen molar-refractivity contribution < 1.29 is 8.78 Å². The van der Waals surface area contributed by atoms with Crippen molar-refractivity contribution in [1.82, 2.24) is 9.97 Å². The number of alkyl halides is 2. The molecule has 0 amide bonds. The average molecular weight is 442 g/mol. The fourth-order valence-electron chi connectivity index (χ4n) is 1.69. The van der Waals surface area contributed by atoms with Crippen LogP contribution in [0.5, 0.6) is 0 Å². The summed E-state index contributed by atoms with van der Waals surface area (Å²) >= 11 is 6.85. The second kappa shape index (κ2) is 8.84. The maximum absolute atomic E-state index is 12.7. The first-order valence-electron chi connectivity index (χ1n) is 6.63. The molecule has 0 saturated heterocycles. The van der Waals surface area contributed by atoms with Gasteiger partial charge in [-0.2, -0.15) is 4.39 Å². The Morgan fingerprint density at radius 3 is 2.00 bits per heavy atom. The topological polar surface area (TPSA) is 25.8 Å². The fraction of sp³-hybridized carbons (Fsp3) is 0.0588. The zero-order valence-corrected chi connectivity index (χ0v) is 15.0. The summed E-state index contributed by atoms with van der Waals surface area (Å²) in [7, 11) is 0. The van der Waals surface area contributed by atoms with Crippen LogP contribution >= 0.6 is 31.9 Å². The molecule has 0 aliphatic heterocycles. The van der Waals surface area contributed by atoms with Gasteiger partial charge in [0.1, 0.15) is 5.82 Å². The highest BCUT2D eigenvalue weighted by atomic mass is 79.9. The molecule has 0 bridgehead atoms. The molecule has 2 heterocycles. The average Bonchev–Trinajstić information content (AvgIpc) is 2.57. The molecule has 0 fully saturated rings. The van der Waals surface area contributed by atoms with E-state index in [1.807, 2.05) is 24.3 Å². The lowest BCUT2D eigenvalue weighted by Gasteiger charge is -2.04. The summed E-state index contributed by atoms with van der Waals surface area (Å²) in [6.07, 6.45) is 2.64. The van der Waals surface area contributed by atoms with E-state index in [0.29, 0.717) is 0 Å². The minimum absolute atomic E-state index is 0.148. The molecule has 0 N–H and O–H groups in total. The molecule has 0 atom stereocenters. The quantitative estimate of drug-likeness (QED) is 0.365. The summed E-state index contributed by atoms with van der Waals surface area (Å²) < 4.78 is 24.6. The number of aromatic nitrogens is 2. The number of pyridine rings is 2. The van der Waals surface area contributed by atoms with Crippen LogP contribution in [-0.4, -0.2) is 9.97 Å². The van der Waals surface area contributed by atoms with Gasteiger partial charge in [0.2, 0.25) is 5.95 Å². The maximum Gasteiger partial charge on any atom is 0.212 e. The van der Waals surface area contributed by atoms with Gasteiger partial charge in [0.15, 0.2) is 0 Å². The van der Waals surface area contributed by atoms with Gasteiger partial charge in [-0.25, -0.2) is 9.37 Å². The molecule has 0 unspecified atom stereocenters. The third kappa shape index (κ3) is 5.80. The Bertz CT molecular complexity index is 718. The maximum atomic E-state index is 12.7. The summed E-state index contributed by atoms with van der Waals surface area (Å²) in [5.74, 6) is -0.746. The molecule has 1 aromatic carbocycles. The van der Waals surface area contributed by atoms with Gasteiger partial charge in [-0.1, -0.05) is 62.2 Å². The highest BCUT2D eigenvalue weighted by molar-refractivity contribution is 9.24. The molecular weight excluding hydrogens is 430 g/mol. The third-order valence-corrected chi connectivity index (χ3v) is 3.87. The summed E-state index contributed by atoms with van der Waals surface area (Å²) in [5.41, 5.74) is 2.88. The van der Waals surface area contributed by atoms with E-state index in [4.69, 9.17) is 0 Å². The Labute approximate surface area is 149 Å². The first-order chi connectivity index (χ1) is 11.1. The third-order valence-electron chi connectivity index (χ3n) is 2.81. The van der Waals surface area contributed by atoms with Gasteiger partial charge in [-0.05, 0) is 29.8 Å². The summed E-state index contributed by atoms with van der Waals surface area (Å²) in [6.45, 7) is 0. The number of nitrogens with zero attached hydrogens (tertiary/aromatic N) is 2. The highest BCUT2D eigenvalue weighted by Gasteiger charge is 2.03. The zero-order valence-electron chi connectivity index (χ0n) is 11.8. The van der Waals surface area contributed by atoms with E-state index in [1.54, 1.807) is 18.2 Å². The van der Waals surface area contributed by atoms with Crippen molar-refractivity contribution in [3.05, 3.63) is 84.3 Å². The normalized spacial score (nSPS) is 10.1. The van der Waals surface area contributed by atoms with E-state index in [2.05, 4.69) is 41.8 Å². The first-order valence-corrected chi connectivity index (χ1v) is 8.46. The minimum Gasteiger partial charge on any atom is -0.253 e. The van der Waals surface area contributed by atoms with Crippen LogP contribution in [0.4, 0.5) is 8.78 Å². The van der Waals surface area contributed by atoms with Crippen LogP contribution in [0.1, 0.15) is 9.30 Å². The van der Waals surface area contributed by atoms with Crippen LogP contribution in [0.3, 0.4) is 0 Å². The van der Waals surface area contributed by atoms with E-state index >= 15 is 0 Å². The monoisotopic (exact) mass is 440 g/mol. The molecule has 6 heteroatoms. The second-order valence-electron chi connectivity index (χ2n) is 4.44. The number of hydrogen-bond acceptors (Lipinski definition) is 2. The molecule has 118 valence electrons. The highest BCUT2D eigenvalue weighted by Crippen LogP contribution is 2.30. The predicted molar refractivity (Wildman–Crippen MR) is 94.4 cm³/mol. The van der Waals surface area contributed by atoms with Crippen molar-refractivity contribution in [3.8, 4) is 11.3 Å². The molecule has 23 heavy (non-hydrogen) atoms. The molecule has 0 saturated carbocycles. The predicted octanol–water partition coefficient (Wildman–Crippen LogP) is 5.90. The SMILES string of the molecule is Fc1ccc(-c2ccc(C(Br)Br)cc2)nc1.Fc1ccccn1. The van der Waals surface area contributed by atoms with Gasteiger partial charge >= 0.3 is 0 Å². The van der Waals surface area contributed by atoms with Gasteiger partial charge in [0, 0.05) is 11.8 Å². The lowest BCUT2D eigenvalue weighted by molar-refractivity contribution is 0.584. The lowest BCUT2D eigenvalue weighted by Crippen LogP contribution is -1.86. The molecule has 2 nitrogen and oxygen atoms in total. The molecule has 0 aliphatic carbocycles. The Balaban J connectivity index is 0.000000229. The van der Waals surface area contributed by atoms with Crippen LogP contribution in [0.2, 0.25) is 0 Å². The van der Waals surface area contributed by atoms with E-state index in [0.717, 1.165) is 16.8 Å². The Kier molecular flexibility index (Phi) is 6.80. The smallest absolute Gasteiger partial charge is 0.212 e. The van der Waals surface area contributed by atoms with Gasteiger partial charge < -0.3 is 0 Å². The van der Waals surface area contributed by atoms with E-state index < -0.39 is 5.95 Å². The zero-order chi connectivity index (χ0) is 16.7. The van der Waals surface area contributed by atoms with Crippen molar-refractivity contribution in [2.24, 2.45) is 0 Å². The van der Waals surface area contributed by atoms with Crippen molar-refractivity contribution >= 4 is 31.9 Å². The van der Waals surface area contributed by atoms with Crippen LogP contribution in [0, 0.1) is 11.8 Å². The second-order valence-corrected chi connectivity index (χ2v) is 7.50. The minimum atomic E-state index is -0.428. The van der Waals surface area contributed by atoms with Crippen LogP contribution in [0.15, 0.2) is 67.0 Å². The molecule has 0 radical (unpaired) electrons. The van der Waals surface area contributed by atoms with E-state index in [9.17, 15) is 8.78 Å². The van der Waals surface area contributed by atoms with E-state index in [1.165, 1.54) is 24.5 Å². The molecule has 0 aliphatic rings. The Hall–Kier alpha value is -1.66. The summed E-state index contributed by atoms with van der Waals surface area (Å²) in [4.78, 5) is 7.34. The number of rotatable bonds is 2. The Morgan fingerprint density at radius 2 is 1.57 bits per heavy atom. The largest absolute Gasteiger partial charge is 0.253 e. The van der Waals surface area contributed by atoms with Crippen molar-refractivity contribution in [2.45, 2.75) is 3.74 Å². The van der Waals surface area contributed by atoms with Crippen molar-refractivity contribution in [1.29, 1.82) is 0 Å². The number of benzene rings is 1. The van der Waals surface area contributed by atoms with Crippen LogP contribution in [0.25, 0.3) is 11.3 Å². The van der Waals surface area contributed by atoms with Gasteiger partial charge in [-0.3, -0.25) is 4.98 Å². The molecule has 3 aromatic rings. The Morgan fingerprint density at radius 1 is 0.826 bits per heavy atom. The summed E-state index contributed by atoms with van der Waals surface area (Å²) in [5, 5.41) is 0. The van der Waals surface area contributed by atoms with Crippen LogP contribution in [-0.2, 0) is 0 Å². The van der Waals surface area contributed by atoms with E-state index in [-0.39, 0.29) is 9.55 Å². The van der Waals surface area contributed by atoms with Gasteiger partial charge in [0.05, 0.1) is 15.6 Å². The first kappa shape index (κ1) is 17.7. The molecule has 3 rings (SSSR count). The number of hydrogen-bond donors (Lipinski definition) is 0. The standard InChI is InChI=1S/C12H8Br2FN.C5H4FN/c13-12(14)9-3-1-8(2-4-9)11-6-5-10(15)7-16-11;6-5-3-1-2-4-7-5/h1-7,12H;1-4H. The molecule has 2 aromatic heterocycles. The lowest BCUT2D eigenvalue weighted by atomic mass is 10.1. The number of halogens is 4.